The van der Waals surface area contributed by atoms with E-state index in [1.54, 1.807) is 23.1 Å². The highest BCUT2D eigenvalue weighted by Crippen LogP contribution is 2.23. The Hall–Kier alpha value is -0.0300. The van der Waals surface area contributed by atoms with Gasteiger partial charge in [-0.05, 0) is 24.4 Å². The molecule has 14 heavy (non-hydrogen) atoms. The van der Waals surface area contributed by atoms with Crippen molar-refractivity contribution in [3.63, 3.8) is 0 Å². The molecule has 0 fully saturated rings. The van der Waals surface area contributed by atoms with Crippen molar-refractivity contribution < 1.29 is 5.11 Å². The molecule has 0 bridgehead atoms. The number of hydrogen-bond acceptors (Lipinski definition) is 4. The van der Waals surface area contributed by atoms with Gasteiger partial charge in [-0.25, -0.2) is 0 Å². The van der Waals surface area contributed by atoms with Gasteiger partial charge in [0.1, 0.15) is 0 Å². The molecule has 1 rings (SSSR count). The maximum Gasteiger partial charge on any atom is 0.0599 e. The fourth-order valence-corrected chi connectivity index (χ4v) is 2.91. The second-order valence-corrected chi connectivity index (χ2v) is 5.34. The number of thiophene rings is 1. The Bertz CT molecular complexity index is 226. The average Bonchev–Trinajstić information content (AvgIpc) is 2.71. The third kappa shape index (κ3) is 4.46. The summed E-state index contributed by atoms with van der Waals surface area (Å²) in [4.78, 5) is 0. The fraction of sp³-hybridized carbons (Fsp3) is 0.600. The molecule has 1 unspecified atom stereocenters. The van der Waals surface area contributed by atoms with Crippen LogP contribution >= 0.6 is 23.1 Å². The first-order valence-electron chi connectivity index (χ1n) is 4.87. The summed E-state index contributed by atoms with van der Waals surface area (Å²) in [5, 5.41) is 14.5. The van der Waals surface area contributed by atoms with Gasteiger partial charge in [0.05, 0.1) is 10.8 Å². The van der Waals surface area contributed by atoms with Crippen LogP contribution < -0.4 is 5.32 Å². The van der Waals surface area contributed by atoms with Gasteiger partial charge in [-0.1, -0.05) is 13.0 Å². The highest BCUT2D eigenvalue weighted by Gasteiger charge is 2.06. The van der Waals surface area contributed by atoms with Crippen LogP contribution in [0.3, 0.4) is 0 Å². The Kier molecular flexibility index (Phi) is 6.27. The van der Waals surface area contributed by atoms with Crippen molar-refractivity contribution in [1.29, 1.82) is 0 Å². The normalized spacial score (nSPS) is 13.0. The molecule has 0 aromatic carbocycles. The van der Waals surface area contributed by atoms with E-state index >= 15 is 0 Å². The van der Waals surface area contributed by atoms with Crippen LogP contribution in [0.1, 0.15) is 13.3 Å². The molecule has 0 aliphatic carbocycles. The summed E-state index contributed by atoms with van der Waals surface area (Å²) in [5.74, 6) is 0.941. The van der Waals surface area contributed by atoms with Crippen LogP contribution in [0.25, 0.3) is 0 Å². The average molecular weight is 231 g/mol. The summed E-state index contributed by atoms with van der Waals surface area (Å²) in [5.41, 5.74) is 0. The maximum absolute atomic E-state index is 9.11. The molecule has 1 aromatic rings. The lowest BCUT2D eigenvalue weighted by Crippen LogP contribution is -2.35. The van der Waals surface area contributed by atoms with E-state index in [-0.39, 0.29) is 12.6 Å². The minimum absolute atomic E-state index is 0.221. The lowest BCUT2D eigenvalue weighted by molar-refractivity contribution is 0.254. The van der Waals surface area contributed by atoms with Gasteiger partial charge < -0.3 is 10.4 Å². The number of rotatable bonds is 7. The van der Waals surface area contributed by atoms with E-state index in [0.717, 1.165) is 18.7 Å². The largest absolute Gasteiger partial charge is 0.395 e. The van der Waals surface area contributed by atoms with Crippen molar-refractivity contribution in [2.45, 2.75) is 23.6 Å². The molecule has 0 aliphatic rings. The molecule has 80 valence electrons. The molecule has 1 aromatic heterocycles. The van der Waals surface area contributed by atoms with E-state index in [0.29, 0.717) is 0 Å². The zero-order chi connectivity index (χ0) is 10.2. The van der Waals surface area contributed by atoms with Crippen LogP contribution in [0, 0.1) is 0 Å². The smallest absolute Gasteiger partial charge is 0.0599 e. The summed E-state index contributed by atoms with van der Waals surface area (Å²) in [7, 11) is 0. The van der Waals surface area contributed by atoms with E-state index in [1.165, 1.54) is 4.21 Å². The molecular weight excluding hydrogens is 214 g/mol. The zero-order valence-electron chi connectivity index (χ0n) is 8.40. The van der Waals surface area contributed by atoms with E-state index in [2.05, 4.69) is 29.8 Å². The van der Waals surface area contributed by atoms with Crippen LogP contribution in [0.4, 0.5) is 0 Å². The van der Waals surface area contributed by atoms with Crippen molar-refractivity contribution in [2.75, 3.05) is 18.9 Å². The summed E-state index contributed by atoms with van der Waals surface area (Å²) < 4.78 is 1.32. The Morgan fingerprint density at radius 1 is 1.64 bits per heavy atom. The lowest BCUT2D eigenvalue weighted by atomic mass is 10.3. The van der Waals surface area contributed by atoms with Crippen LogP contribution in [-0.4, -0.2) is 30.1 Å². The molecule has 0 saturated heterocycles. The number of aliphatic hydroxyl groups excluding tert-OH is 1. The molecule has 0 radical (unpaired) electrons. The molecule has 4 heteroatoms. The van der Waals surface area contributed by atoms with Gasteiger partial charge in [0.2, 0.25) is 0 Å². The van der Waals surface area contributed by atoms with Gasteiger partial charge in [-0.2, -0.15) is 0 Å². The fourth-order valence-electron chi connectivity index (χ4n) is 1.05. The highest BCUT2D eigenvalue weighted by molar-refractivity contribution is 8.01. The molecule has 0 aliphatic heterocycles. The van der Waals surface area contributed by atoms with Crippen molar-refractivity contribution in [2.24, 2.45) is 0 Å². The van der Waals surface area contributed by atoms with E-state index in [9.17, 15) is 0 Å². The third-order valence-electron chi connectivity index (χ3n) is 1.83. The predicted molar refractivity (Wildman–Crippen MR) is 64.2 cm³/mol. The first-order chi connectivity index (χ1) is 6.86. The molecule has 2 N–H and O–H groups in total. The number of hydrogen-bond donors (Lipinski definition) is 2. The van der Waals surface area contributed by atoms with Gasteiger partial charge >= 0.3 is 0 Å². The minimum atomic E-state index is 0.221. The van der Waals surface area contributed by atoms with Gasteiger partial charge in [-0.15, -0.1) is 23.1 Å². The summed E-state index contributed by atoms with van der Waals surface area (Å²) in [6, 6.07) is 4.39. The summed E-state index contributed by atoms with van der Waals surface area (Å²) >= 11 is 3.56. The minimum Gasteiger partial charge on any atom is -0.395 e. The van der Waals surface area contributed by atoms with Gasteiger partial charge in [0, 0.05) is 11.8 Å². The van der Waals surface area contributed by atoms with E-state index < -0.39 is 0 Å². The van der Waals surface area contributed by atoms with Crippen molar-refractivity contribution >= 4 is 23.1 Å². The second kappa shape index (κ2) is 7.29. The predicted octanol–water partition coefficient (Wildman–Crippen LogP) is 2.20. The molecule has 0 spiro atoms. The SMILES string of the molecule is CCCNC(CO)CSc1cccs1. The van der Waals surface area contributed by atoms with Crippen LogP contribution in [0.5, 0.6) is 0 Å². The van der Waals surface area contributed by atoms with Crippen molar-refractivity contribution in [3.05, 3.63) is 17.5 Å². The molecule has 0 saturated carbocycles. The molecule has 0 amide bonds. The third-order valence-corrected chi connectivity index (χ3v) is 4.12. The molecule has 1 atom stereocenters. The Balaban J connectivity index is 2.20. The van der Waals surface area contributed by atoms with Gasteiger partial charge in [-0.3, -0.25) is 0 Å². The summed E-state index contributed by atoms with van der Waals surface area (Å²) in [6.45, 7) is 3.34. The highest BCUT2D eigenvalue weighted by atomic mass is 32.2. The maximum atomic E-state index is 9.11. The quantitative estimate of drug-likeness (QED) is 0.706. The number of nitrogens with one attached hydrogen (secondary N) is 1. The molecule has 2 nitrogen and oxygen atoms in total. The molecular formula is C10H17NOS2. The summed E-state index contributed by atoms with van der Waals surface area (Å²) in [6.07, 6.45) is 1.11. The number of thioether (sulfide) groups is 1. The van der Waals surface area contributed by atoms with Gasteiger partial charge in [0.15, 0.2) is 0 Å². The van der Waals surface area contributed by atoms with E-state index in [1.807, 2.05) is 0 Å². The lowest BCUT2D eigenvalue weighted by Gasteiger charge is -2.14. The standard InChI is InChI=1S/C10H17NOS2/c1-2-5-11-9(7-12)8-14-10-4-3-6-13-10/h3-4,6,9,11-12H,2,5,7-8H2,1H3. The first-order valence-corrected chi connectivity index (χ1v) is 6.74. The van der Waals surface area contributed by atoms with Crippen LogP contribution in [-0.2, 0) is 0 Å². The first kappa shape index (κ1) is 12.0. The molecule has 1 heterocycles. The Morgan fingerprint density at radius 2 is 2.50 bits per heavy atom. The monoisotopic (exact) mass is 231 g/mol. The number of aliphatic hydroxyl groups is 1. The van der Waals surface area contributed by atoms with Crippen LogP contribution in [0.15, 0.2) is 21.7 Å². The van der Waals surface area contributed by atoms with Gasteiger partial charge in [0.25, 0.3) is 0 Å². The van der Waals surface area contributed by atoms with Crippen LogP contribution in [0.2, 0.25) is 0 Å². The van der Waals surface area contributed by atoms with Crippen molar-refractivity contribution in [1.82, 2.24) is 5.32 Å². The Morgan fingerprint density at radius 3 is 3.07 bits per heavy atom. The zero-order valence-corrected chi connectivity index (χ0v) is 10.0. The van der Waals surface area contributed by atoms with Crippen molar-refractivity contribution in [3.8, 4) is 0 Å². The topological polar surface area (TPSA) is 32.3 Å². The Labute approximate surface area is 93.7 Å². The van der Waals surface area contributed by atoms with E-state index in [4.69, 9.17) is 5.11 Å². The second-order valence-electron chi connectivity index (χ2n) is 3.08.